The van der Waals surface area contributed by atoms with Gasteiger partial charge in [0.05, 0.1) is 11.9 Å². The summed E-state index contributed by atoms with van der Waals surface area (Å²) in [6.07, 6.45) is 1.24. The molecule has 0 fully saturated rings. The summed E-state index contributed by atoms with van der Waals surface area (Å²) in [5, 5.41) is 0. The number of rotatable bonds is 0. The summed E-state index contributed by atoms with van der Waals surface area (Å²) in [4.78, 5) is 4.03. The minimum absolute atomic E-state index is 0.0491. The van der Waals surface area contributed by atoms with Crippen LogP contribution in [0.25, 0.3) is 0 Å². The smallest absolute Gasteiger partial charge is 0.142 e. The lowest BCUT2D eigenvalue weighted by molar-refractivity contribution is 0.553. The van der Waals surface area contributed by atoms with Crippen molar-refractivity contribution in [1.82, 2.24) is 4.98 Å². The molecule has 0 saturated carbocycles. The Labute approximate surface area is 80.1 Å². The number of halogens is 2. The summed E-state index contributed by atoms with van der Waals surface area (Å²) in [6.45, 7) is 6.12. The molecule has 0 aromatic carbocycles. The molecule has 0 spiro atoms. The van der Waals surface area contributed by atoms with Crippen LogP contribution in [0.2, 0.25) is 0 Å². The largest absolute Gasteiger partial charge is 0.257 e. The van der Waals surface area contributed by atoms with E-state index in [0.29, 0.717) is 0 Å². The van der Waals surface area contributed by atoms with Crippen molar-refractivity contribution in [2.75, 3.05) is 0 Å². The molecule has 1 heterocycles. The topological polar surface area (TPSA) is 12.9 Å². The van der Waals surface area contributed by atoms with E-state index in [1.165, 1.54) is 12.3 Å². The van der Waals surface area contributed by atoms with Crippen LogP contribution in [0.4, 0.5) is 4.39 Å². The van der Waals surface area contributed by atoms with Crippen LogP contribution in [-0.4, -0.2) is 4.98 Å². The van der Waals surface area contributed by atoms with Gasteiger partial charge in [0, 0.05) is 9.89 Å². The third-order valence-corrected chi connectivity index (χ3v) is 2.12. The third kappa shape index (κ3) is 2.03. The summed E-state index contributed by atoms with van der Waals surface area (Å²) >= 11 is 3.28. The van der Waals surface area contributed by atoms with Gasteiger partial charge in [0.15, 0.2) is 0 Å². The zero-order valence-corrected chi connectivity index (χ0v) is 8.94. The van der Waals surface area contributed by atoms with Gasteiger partial charge in [-0.2, -0.15) is 0 Å². The Bertz CT molecular complexity index is 291. The average molecular weight is 232 g/mol. The number of hydrogen-bond acceptors (Lipinski definition) is 1. The Hall–Kier alpha value is -0.440. The van der Waals surface area contributed by atoms with Gasteiger partial charge in [-0.3, -0.25) is 4.98 Å². The maximum Gasteiger partial charge on any atom is 0.142 e. The van der Waals surface area contributed by atoms with E-state index in [2.05, 4.69) is 20.9 Å². The third-order valence-electron chi connectivity index (χ3n) is 1.52. The highest BCUT2D eigenvalue weighted by atomic mass is 79.9. The SMILES string of the molecule is CC(C)(C)c1ncc(F)cc1Br. The zero-order chi connectivity index (χ0) is 9.35. The molecule has 1 rings (SSSR count). The van der Waals surface area contributed by atoms with Gasteiger partial charge >= 0.3 is 0 Å². The van der Waals surface area contributed by atoms with E-state index in [1.54, 1.807) is 0 Å². The van der Waals surface area contributed by atoms with Gasteiger partial charge in [-0.1, -0.05) is 20.8 Å². The fourth-order valence-electron chi connectivity index (χ4n) is 0.966. The van der Waals surface area contributed by atoms with Crippen LogP contribution in [0.3, 0.4) is 0 Å². The molecule has 12 heavy (non-hydrogen) atoms. The van der Waals surface area contributed by atoms with Crippen LogP contribution in [0.1, 0.15) is 26.5 Å². The van der Waals surface area contributed by atoms with E-state index in [9.17, 15) is 4.39 Å². The Morgan fingerprint density at radius 1 is 1.42 bits per heavy atom. The Morgan fingerprint density at radius 2 is 2.00 bits per heavy atom. The van der Waals surface area contributed by atoms with Crippen molar-refractivity contribution in [2.24, 2.45) is 0 Å². The number of hydrogen-bond donors (Lipinski definition) is 0. The number of nitrogens with zero attached hydrogens (tertiary/aromatic N) is 1. The van der Waals surface area contributed by atoms with Crippen molar-refractivity contribution in [2.45, 2.75) is 26.2 Å². The molecular formula is C9H11BrFN. The molecule has 0 radical (unpaired) electrons. The highest BCUT2D eigenvalue weighted by Gasteiger charge is 2.18. The van der Waals surface area contributed by atoms with Gasteiger partial charge in [-0.15, -0.1) is 0 Å². The van der Waals surface area contributed by atoms with Crippen molar-refractivity contribution in [3.63, 3.8) is 0 Å². The molecule has 0 aliphatic rings. The lowest BCUT2D eigenvalue weighted by Gasteiger charge is -2.18. The Morgan fingerprint density at radius 3 is 2.42 bits per heavy atom. The van der Waals surface area contributed by atoms with Crippen LogP contribution in [0.15, 0.2) is 16.7 Å². The van der Waals surface area contributed by atoms with Crippen LogP contribution < -0.4 is 0 Å². The second-order valence-corrected chi connectivity index (χ2v) is 4.59. The summed E-state index contributed by atoms with van der Waals surface area (Å²) in [7, 11) is 0. The molecule has 66 valence electrons. The van der Waals surface area contributed by atoms with Gasteiger partial charge in [0.25, 0.3) is 0 Å². The summed E-state index contributed by atoms with van der Waals surface area (Å²) < 4.78 is 13.4. The summed E-state index contributed by atoms with van der Waals surface area (Å²) in [5.74, 6) is -0.310. The first-order chi connectivity index (χ1) is 5.41. The molecular weight excluding hydrogens is 221 g/mol. The molecule has 0 aliphatic carbocycles. The highest BCUT2D eigenvalue weighted by Crippen LogP contribution is 2.27. The highest BCUT2D eigenvalue weighted by molar-refractivity contribution is 9.10. The quantitative estimate of drug-likeness (QED) is 0.668. The predicted octanol–water partition coefficient (Wildman–Crippen LogP) is 3.28. The van der Waals surface area contributed by atoms with Crippen LogP contribution in [-0.2, 0) is 5.41 Å². The van der Waals surface area contributed by atoms with Gasteiger partial charge in [0.2, 0.25) is 0 Å². The van der Waals surface area contributed by atoms with Crippen molar-refractivity contribution < 1.29 is 4.39 Å². The van der Waals surface area contributed by atoms with E-state index in [-0.39, 0.29) is 11.2 Å². The number of pyridine rings is 1. The normalized spacial score (nSPS) is 11.8. The van der Waals surface area contributed by atoms with E-state index in [4.69, 9.17) is 0 Å². The van der Waals surface area contributed by atoms with Crippen molar-refractivity contribution in [1.29, 1.82) is 0 Å². The zero-order valence-electron chi connectivity index (χ0n) is 7.36. The van der Waals surface area contributed by atoms with Crippen LogP contribution in [0, 0.1) is 5.82 Å². The molecule has 0 N–H and O–H groups in total. The summed E-state index contributed by atoms with van der Waals surface area (Å²) in [6, 6.07) is 1.44. The molecule has 1 aromatic heterocycles. The second kappa shape index (κ2) is 3.13. The van der Waals surface area contributed by atoms with E-state index in [0.717, 1.165) is 10.2 Å². The Kier molecular flexibility index (Phi) is 2.52. The minimum Gasteiger partial charge on any atom is -0.257 e. The summed E-state index contributed by atoms with van der Waals surface area (Å²) in [5.41, 5.74) is 0.830. The molecule has 0 unspecified atom stereocenters. The average Bonchev–Trinajstić information content (AvgIpc) is 1.83. The molecule has 1 aromatic rings. The first kappa shape index (κ1) is 9.65. The van der Waals surface area contributed by atoms with E-state index >= 15 is 0 Å². The maximum absolute atomic E-state index is 12.6. The lowest BCUT2D eigenvalue weighted by Crippen LogP contribution is -2.14. The first-order valence-corrected chi connectivity index (χ1v) is 4.52. The maximum atomic E-state index is 12.6. The van der Waals surface area contributed by atoms with Crippen LogP contribution >= 0.6 is 15.9 Å². The Balaban J connectivity index is 3.19. The fourth-order valence-corrected chi connectivity index (χ4v) is 1.88. The van der Waals surface area contributed by atoms with Gasteiger partial charge in [0.1, 0.15) is 5.82 Å². The molecule has 0 saturated heterocycles. The minimum atomic E-state index is -0.310. The first-order valence-electron chi connectivity index (χ1n) is 3.73. The second-order valence-electron chi connectivity index (χ2n) is 3.73. The molecule has 0 amide bonds. The monoisotopic (exact) mass is 231 g/mol. The van der Waals surface area contributed by atoms with E-state index in [1.807, 2.05) is 20.8 Å². The molecule has 3 heteroatoms. The van der Waals surface area contributed by atoms with Gasteiger partial charge in [-0.25, -0.2) is 4.39 Å². The molecule has 1 nitrogen and oxygen atoms in total. The number of aromatic nitrogens is 1. The molecule has 0 bridgehead atoms. The molecule has 0 aliphatic heterocycles. The van der Waals surface area contributed by atoms with Gasteiger partial charge < -0.3 is 0 Å². The van der Waals surface area contributed by atoms with Crippen molar-refractivity contribution in [3.8, 4) is 0 Å². The van der Waals surface area contributed by atoms with Gasteiger partial charge in [-0.05, 0) is 22.0 Å². The van der Waals surface area contributed by atoms with Crippen LogP contribution in [0.5, 0.6) is 0 Å². The van der Waals surface area contributed by atoms with Crippen molar-refractivity contribution >= 4 is 15.9 Å². The van der Waals surface area contributed by atoms with Crippen molar-refractivity contribution in [3.05, 3.63) is 28.2 Å². The lowest BCUT2D eigenvalue weighted by atomic mass is 9.92. The van der Waals surface area contributed by atoms with E-state index < -0.39 is 0 Å². The molecule has 0 atom stereocenters. The standard InChI is InChI=1S/C9H11BrFN/c1-9(2,3)8-7(10)4-6(11)5-12-8/h4-5H,1-3H3. The predicted molar refractivity (Wildman–Crippen MR) is 50.6 cm³/mol. The fraction of sp³-hybridized carbons (Fsp3) is 0.444.